The fourth-order valence-electron chi connectivity index (χ4n) is 4.82. The van der Waals surface area contributed by atoms with Crippen molar-refractivity contribution in [1.82, 2.24) is 9.88 Å². The van der Waals surface area contributed by atoms with Gasteiger partial charge < -0.3 is 24.6 Å². The van der Waals surface area contributed by atoms with Crippen LogP contribution in [0.15, 0.2) is 97.2 Å². The highest BCUT2D eigenvalue weighted by atomic mass is 16.5. The first-order valence-corrected chi connectivity index (χ1v) is 12.4. The molecule has 0 bridgehead atoms. The van der Waals surface area contributed by atoms with Gasteiger partial charge in [-0.05, 0) is 53.1 Å². The number of ether oxygens (including phenoxy) is 2. The summed E-state index contributed by atoms with van der Waals surface area (Å²) >= 11 is 0. The first-order chi connectivity index (χ1) is 18.6. The highest BCUT2D eigenvalue weighted by Crippen LogP contribution is 2.45. The molecule has 38 heavy (non-hydrogen) atoms. The summed E-state index contributed by atoms with van der Waals surface area (Å²) in [5.74, 6) is 1.17. The lowest BCUT2D eigenvalue weighted by molar-refractivity contribution is 0.0684. The van der Waals surface area contributed by atoms with Gasteiger partial charge in [-0.1, -0.05) is 54.6 Å². The number of hydrogen-bond donors (Lipinski definition) is 2. The van der Waals surface area contributed by atoms with Crippen LogP contribution in [0.5, 0.6) is 11.5 Å². The van der Waals surface area contributed by atoms with Crippen molar-refractivity contribution < 1.29 is 24.5 Å². The van der Waals surface area contributed by atoms with Crippen molar-refractivity contribution >= 4 is 5.91 Å². The number of benzene rings is 3. The largest absolute Gasteiger partial charge is 0.497 e. The number of hydrogen-bond acceptors (Lipinski definition) is 6. The van der Waals surface area contributed by atoms with Gasteiger partial charge in [-0.3, -0.25) is 9.78 Å². The Balaban J connectivity index is 2.00. The summed E-state index contributed by atoms with van der Waals surface area (Å²) in [6.45, 7) is -0.152. The van der Waals surface area contributed by atoms with E-state index in [0.717, 1.165) is 28.2 Å². The van der Waals surface area contributed by atoms with Crippen molar-refractivity contribution in [1.29, 1.82) is 0 Å². The Kier molecular flexibility index (Phi) is 8.73. The van der Waals surface area contributed by atoms with Gasteiger partial charge in [-0.2, -0.15) is 0 Å². The number of aliphatic hydroxyl groups is 2. The third kappa shape index (κ3) is 5.25. The van der Waals surface area contributed by atoms with Crippen molar-refractivity contribution in [3.63, 3.8) is 0 Å². The molecule has 7 nitrogen and oxygen atoms in total. The third-order valence-corrected chi connectivity index (χ3v) is 6.67. The topological polar surface area (TPSA) is 92.1 Å². The van der Waals surface area contributed by atoms with E-state index in [-0.39, 0.29) is 32.2 Å². The molecule has 0 aliphatic carbocycles. The summed E-state index contributed by atoms with van der Waals surface area (Å²) in [5.41, 5.74) is 3.03. The lowest BCUT2D eigenvalue weighted by Crippen LogP contribution is -2.36. The molecule has 0 radical (unpaired) electrons. The quantitative estimate of drug-likeness (QED) is 0.296. The molecular formula is C31H32N2O5. The maximum atomic E-state index is 13.4. The smallest absolute Gasteiger partial charge is 0.254 e. The molecule has 7 heteroatoms. The van der Waals surface area contributed by atoms with Crippen LogP contribution in [0, 0.1) is 0 Å². The molecule has 0 saturated carbocycles. The second-order valence-corrected chi connectivity index (χ2v) is 8.74. The van der Waals surface area contributed by atoms with Crippen LogP contribution >= 0.6 is 0 Å². The van der Waals surface area contributed by atoms with E-state index in [1.165, 1.54) is 4.90 Å². The van der Waals surface area contributed by atoms with Crippen molar-refractivity contribution in [2.24, 2.45) is 0 Å². The lowest BCUT2D eigenvalue weighted by atomic mass is 9.67. The molecule has 4 aromatic rings. The predicted molar refractivity (Wildman–Crippen MR) is 146 cm³/mol. The normalized spacial score (nSPS) is 11.2. The van der Waals surface area contributed by atoms with E-state index in [1.54, 1.807) is 32.5 Å². The summed E-state index contributed by atoms with van der Waals surface area (Å²) in [6.07, 6.45) is 1.63. The number of pyridine rings is 1. The van der Waals surface area contributed by atoms with Crippen LogP contribution in [0.25, 0.3) is 0 Å². The minimum Gasteiger partial charge on any atom is -0.497 e. The van der Waals surface area contributed by atoms with Crippen LogP contribution in [-0.4, -0.2) is 66.5 Å². The molecule has 0 spiro atoms. The molecule has 0 aliphatic rings. The number of amides is 1. The zero-order valence-electron chi connectivity index (χ0n) is 21.6. The van der Waals surface area contributed by atoms with Gasteiger partial charge >= 0.3 is 0 Å². The van der Waals surface area contributed by atoms with Gasteiger partial charge in [0.1, 0.15) is 11.5 Å². The van der Waals surface area contributed by atoms with Crippen LogP contribution in [0.2, 0.25) is 0 Å². The third-order valence-electron chi connectivity index (χ3n) is 6.67. The van der Waals surface area contributed by atoms with Gasteiger partial charge in [0.2, 0.25) is 0 Å². The number of aliphatic hydroxyl groups excluding tert-OH is 2. The van der Waals surface area contributed by atoms with Crippen LogP contribution in [0.1, 0.15) is 32.7 Å². The van der Waals surface area contributed by atoms with E-state index in [0.29, 0.717) is 11.3 Å². The van der Waals surface area contributed by atoms with Crippen LogP contribution in [-0.2, 0) is 5.41 Å². The number of aromatic nitrogens is 1. The van der Waals surface area contributed by atoms with E-state index in [2.05, 4.69) is 12.1 Å². The summed E-state index contributed by atoms with van der Waals surface area (Å²) in [4.78, 5) is 19.7. The Hall–Kier alpha value is -4.20. The molecule has 1 amide bonds. The molecule has 3 aromatic carbocycles. The minimum atomic E-state index is -0.880. The van der Waals surface area contributed by atoms with Crippen LogP contribution in [0.4, 0.5) is 0 Å². The van der Waals surface area contributed by atoms with Gasteiger partial charge in [0.05, 0.1) is 38.5 Å². The Morgan fingerprint density at radius 2 is 1.26 bits per heavy atom. The molecular weight excluding hydrogens is 480 g/mol. The summed E-state index contributed by atoms with van der Waals surface area (Å²) in [5, 5.41) is 18.9. The zero-order chi connectivity index (χ0) is 27.0. The Morgan fingerprint density at radius 1 is 0.763 bits per heavy atom. The van der Waals surface area contributed by atoms with E-state index < -0.39 is 5.41 Å². The Bertz CT molecular complexity index is 1270. The van der Waals surface area contributed by atoms with Gasteiger partial charge in [-0.25, -0.2) is 0 Å². The number of carbonyl (C=O) groups is 1. The zero-order valence-corrected chi connectivity index (χ0v) is 21.6. The number of rotatable bonds is 11. The van der Waals surface area contributed by atoms with Gasteiger partial charge in [0.25, 0.3) is 5.91 Å². The van der Waals surface area contributed by atoms with E-state index in [4.69, 9.17) is 14.5 Å². The molecule has 196 valence electrons. The molecule has 1 aromatic heterocycles. The highest BCUT2D eigenvalue weighted by Gasteiger charge is 2.40. The summed E-state index contributed by atoms with van der Waals surface area (Å²) in [7, 11) is 3.26. The molecule has 0 aliphatic heterocycles. The summed E-state index contributed by atoms with van der Waals surface area (Å²) < 4.78 is 10.9. The van der Waals surface area contributed by atoms with Gasteiger partial charge in [0.15, 0.2) is 0 Å². The van der Waals surface area contributed by atoms with Gasteiger partial charge in [0, 0.05) is 24.8 Å². The van der Waals surface area contributed by atoms with E-state index >= 15 is 0 Å². The van der Waals surface area contributed by atoms with Crippen molar-refractivity contribution in [3.05, 3.63) is 125 Å². The fourth-order valence-corrected chi connectivity index (χ4v) is 4.82. The minimum absolute atomic E-state index is 0.123. The molecule has 0 saturated heterocycles. The monoisotopic (exact) mass is 512 g/mol. The molecule has 2 N–H and O–H groups in total. The van der Waals surface area contributed by atoms with Crippen molar-refractivity contribution in [2.45, 2.75) is 5.41 Å². The average molecular weight is 513 g/mol. The van der Waals surface area contributed by atoms with Crippen molar-refractivity contribution in [3.8, 4) is 11.5 Å². The number of carbonyl (C=O) groups excluding carboxylic acids is 1. The first kappa shape index (κ1) is 26.9. The highest BCUT2D eigenvalue weighted by molar-refractivity contribution is 5.94. The van der Waals surface area contributed by atoms with E-state index in [9.17, 15) is 15.0 Å². The van der Waals surface area contributed by atoms with Crippen LogP contribution in [0.3, 0.4) is 0 Å². The van der Waals surface area contributed by atoms with Crippen molar-refractivity contribution in [2.75, 3.05) is 40.5 Å². The van der Waals surface area contributed by atoms with E-state index in [1.807, 2.05) is 66.7 Å². The predicted octanol–water partition coefficient (Wildman–Crippen LogP) is 3.91. The average Bonchev–Trinajstić information content (AvgIpc) is 2.98. The molecule has 0 atom stereocenters. The second kappa shape index (κ2) is 12.4. The molecule has 4 rings (SSSR count). The maximum Gasteiger partial charge on any atom is 0.254 e. The Labute approximate surface area is 222 Å². The van der Waals surface area contributed by atoms with Gasteiger partial charge in [-0.15, -0.1) is 0 Å². The maximum absolute atomic E-state index is 13.4. The van der Waals surface area contributed by atoms with Crippen LogP contribution < -0.4 is 9.47 Å². The summed E-state index contributed by atoms with van der Waals surface area (Å²) in [6, 6.07) is 29.2. The standard InChI is InChI=1S/C31H32N2O5/c1-37-27-12-8-25(9-13-27)31(24-6-4-3-5-7-24,26-10-14-28(38-2)15-11-26)29-22-23(16-17-32-29)30(36)33(18-20-34)19-21-35/h3-17,22,34-35H,18-21H2,1-2H3. The lowest BCUT2D eigenvalue weighted by Gasteiger charge is -2.36. The second-order valence-electron chi connectivity index (χ2n) is 8.74. The molecule has 0 unspecified atom stereocenters. The number of methoxy groups -OCH3 is 2. The fraction of sp³-hybridized carbons (Fsp3) is 0.226. The molecule has 0 fully saturated rings. The molecule has 1 heterocycles. The SMILES string of the molecule is COc1ccc(C(c2ccccc2)(c2ccc(OC)cc2)c2cc(C(=O)N(CCO)CCO)ccn2)cc1. The number of nitrogens with zero attached hydrogens (tertiary/aromatic N) is 2. The first-order valence-electron chi connectivity index (χ1n) is 12.4. The Morgan fingerprint density at radius 3 is 1.74 bits per heavy atom.